The highest BCUT2D eigenvalue weighted by Gasteiger charge is 2.42. The van der Waals surface area contributed by atoms with Crippen LogP contribution in [0, 0.1) is 5.92 Å². The number of hydrogen-bond acceptors (Lipinski definition) is 7. The second-order valence-corrected chi connectivity index (χ2v) is 5.30. The molecule has 0 radical (unpaired) electrons. The third kappa shape index (κ3) is 11.2. The van der Waals surface area contributed by atoms with E-state index in [-0.39, 0.29) is 32.1 Å². The molecule has 0 rings (SSSR count). The maximum Gasteiger partial charge on any atom is 0.491 e. The first-order valence-corrected chi connectivity index (χ1v) is 7.61. The van der Waals surface area contributed by atoms with Crippen LogP contribution >= 0.6 is 0 Å². The Balaban J connectivity index is 4.63. The van der Waals surface area contributed by atoms with E-state index < -0.39 is 55.5 Å². The van der Waals surface area contributed by atoms with Crippen molar-refractivity contribution in [2.75, 3.05) is 13.4 Å². The van der Waals surface area contributed by atoms with Gasteiger partial charge in [-0.2, -0.15) is 26.3 Å². The van der Waals surface area contributed by atoms with Crippen molar-refractivity contribution in [3.63, 3.8) is 0 Å². The lowest BCUT2D eigenvalue weighted by molar-refractivity contribution is -0.212. The number of alkyl halides is 6. The van der Waals surface area contributed by atoms with Gasteiger partial charge in [0.1, 0.15) is 6.61 Å². The third-order valence-corrected chi connectivity index (χ3v) is 3.05. The zero-order chi connectivity index (χ0) is 22.0. The fourth-order valence-electron chi connectivity index (χ4n) is 1.71. The van der Waals surface area contributed by atoms with Gasteiger partial charge in [-0.05, 0) is 12.8 Å². The lowest BCUT2D eigenvalue weighted by Crippen LogP contribution is -2.32. The molecule has 0 fully saturated rings. The number of rotatable bonds is 11. The Morgan fingerprint density at radius 2 is 1.32 bits per heavy atom. The average Bonchev–Trinajstić information content (AvgIpc) is 2.54. The van der Waals surface area contributed by atoms with Crippen LogP contribution in [0.2, 0.25) is 0 Å². The Morgan fingerprint density at radius 3 is 1.82 bits per heavy atom. The Morgan fingerprint density at radius 1 is 0.786 bits per heavy atom. The van der Waals surface area contributed by atoms with Crippen LogP contribution in [0.5, 0.6) is 0 Å². The number of ether oxygens (including phenoxy) is 3. The van der Waals surface area contributed by atoms with E-state index >= 15 is 0 Å². The molecule has 0 aromatic heterocycles. The van der Waals surface area contributed by atoms with Crippen LogP contribution in [-0.4, -0.2) is 54.7 Å². The van der Waals surface area contributed by atoms with Gasteiger partial charge in [-0.25, -0.2) is 9.59 Å². The molecule has 0 bridgehead atoms. The highest BCUT2D eigenvalue weighted by Crippen LogP contribution is 2.20. The standard InChI is InChI=1S/C14H16F6O8/c15-13(16,17)11(24)26-6-8(4-2-1-3-5-9(21)22)10(23)27-7-28-12(25)14(18,19)20/h8H,1-7H2,(H,21,22). The quantitative estimate of drug-likeness (QED) is 0.232. The molecular weight excluding hydrogens is 410 g/mol. The topological polar surface area (TPSA) is 116 Å². The zero-order valence-corrected chi connectivity index (χ0v) is 14.1. The third-order valence-electron chi connectivity index (χ3n) is 3.05. The van der Waals surface area contributed by atoms with E-state index in [4.69, 9.17) is 5.11 Å². The van der Waals surface area contributed by atoms with Gasteiger partial charge in [0, 0.05) is 6.42 Å². The summed E-state index contributed by atoms with van der Waals surface area (Å²) in [6, 6.07) is 0. The summed E-state index contributed by atoms with van der Waals surface area (Å²) >= 11 is 0. The second kappa shape index (κ2) is 11.3. The van der Waals surface area contributed by atoms with Crippen LogP contribution < -0.4 is 0 Å². The van der Waals surface area contributed by atoms with Crippen LogP contribution in [0.4, 0.5) is 26.3 Å². The normalized spacial score (nSPS) is 12.8. The average molecular weight is 426 g/mol. The van der Waals surface area contributed by atoms with Gasteiger partial charge >= 0.3 is 36.2 Å². The van der Waals surface area contributed by atoms with Gasteiger partial charge in [0.15, 0.2) is 0 Å². The van der Waals surface area contributed by atoms with Gasteiger partial charge in [-0.15, -0.1) is 0 Å². The number of carboxylic acids is 1. The Bertz CT molecular complexity index is 557. The number of hydrogen-bond donors (Lipinski definition) is 1. The monoisotopic (exact) mass is 426 g/mol. The summed E-state index contributed by atoms with van der Waals surface area (Å²) < 4.78 is 83.9. The first kappa shape index (κ1) is 25.5. The van der Waals surface area contributed by atoms with Crippen molar-refractivity contribution in [2.45, 2.75) is 44.5 Å². The minimum absolute atomic E-state index is 0.124. The first-order valence-electron chi connectivity index (χ1n) is 7.61. The van der Waals surface area contributed by atoms with Crippen molar-refractivity contribution in [1.82, 2.24) is 0 Å². The highest BCUT2D eigenvalue weighted by atomic mass is 19.4. The van der Waals surface area contributed by atoms with Gasteiger partial charge < -0.3 is 19.3 Å². The summed E-state index contributed by atoms with van der Waals surface area (Å²) in [4.78, 5) is 43.3. The van der Waals surface area contributed by atoms with Gasteiger partial charge in [-0.1, -0.05) is 12.8 Å². The van der Waals surface area contributed by atoms with E-state index in [0.29, 0.717) is 0 Å². The molecule has 0 aromatic rings. The maximum absolute atomic E-state index is 12.1. The van der Waals surface area contributed by atoms with E-state index in [1.807, 2.05) is 0 Å². The molecular formula is C14H16F6O8. The minimum atomic E-state index is -5.34. The molecule has 1 N–H and O–H groups in total. The Hall–Kier alpha value is -2.54. The molecule has 14 heteroatoms. The van der Waals surface area contributed by atoms with Crippen molar-refractivity contribution in [3.05, 3.63) is 0 Å². The molecule has 0 aromatic carbocycles. The number of esters is 3. The fourth-order valence-corrected chi connectivity index (χ4v) is 1.71. The van der Waals surface area contributed by atoms with Crippen molar-refractivity contribution in [3.8, 4) is 0 Å². The molecule has 0 aliphatic rings. The molecule has 1 atom stereocenters. The molecule has 8 nitrogen and oxygen atoms in total. The number of unbranched alkanes of at least 4 members (excludes halogenated alkanes) is 2. The lowest BCUT2D eigenvalue weighted by atomic mass is 10.0. The van der Waals surface area contributed by atoms with Gasteiger partial charge in [0.05, 0.1) is 5.92 Å². The molecule has 1 unspecified atom stereocenters. The lowest BCUT2D eigenvalue weighted by Gasteiger charge is -2.17. The van der Waals surface area contributed by atoms with Gasteiger partial charge in [-0.3, -0.25) is 9.59 Å². The molecule has 0 amide bonds. The summed E-state index contributed by atoms with van der Waals surface area (Å²) in [6.07, 6.45) is -10.5. The Kier molecular flexibility index (Phi) is 10.3. The Labute approximate surface area is 153 Å². The van der Waals surface area contributed by atoms with E-state index in [1.54, 1.807) is 0 Å². The van der Waals surface area contributed by atoms with Crippen molar-refractivity contribution in [1.29, 1.82) is 0 Å². The van der Waals surface area contributed by atoms with Crippen LogP contribution in [0.3, 0.4) is 0 Å². The number of aliphatic carboxylic acids is 1. The fraction of sp³-hybridized carbons (Fsp3) is 0.714. The van der Waals surface area contributed by atoms with Gasteiger partial charge in [0.2, 0.25) is 6.79 Å². The number of carbonyl (C=O) groups is 4. The predicted octanol–water partition coefficient (Wildman–Crippen LogP) is 2.35. The largest absolute Gasteiger partial charge is 0.491 e. The molecule has 0 aliphatic heterocycles. The second-order valence-electron chi connectivity index (χ2n) is 5.30. The van der Waals surface area contributed by atoms with Crippen molar-refractivity contribution in [2.24, 2.45) is 5.92 Å². The van der Waals surface area contributed by atoms with Gasteiger partial charge in [0.25, 0.3) is 0 Å². The van der Waals surface area contributed by atoms with E-state index in [9.17, 15) is 45.5 Å². The summed E-state index contributed by atoms with van der Waals surface area (Å²) in [5.41, 5.74) is 0. The SMILES string of the molecule is O=C(O)CCCCCC(COC(=O)C(F)(F)F)C(=O)OCOC(=O)C(F)(F)F. The molecule has 0 spiro atoms. The number of carboxylic acid groups (broad SMARTS) is 1. The van der Waals surface area contributed by atoms with Crippen LogP contribution in [0.25, 0.3) is 0 Å². The summed E-state index contributed by atoms with van der Waals surface area (Å²) in [5.74, 6) is -9.15. The molecule has 0 aliphatic carbocycles. The van der Waals surface area contributed by atoms with E-state index in [0.717, 1.165) is 0 Å². The summed E-state index contributed by atoms with van der Waals surface area (Å²) in [5, 5.41) is 8.47. The minimum Gasteiger partial charge on any atom is -0.481 e. The smallest absolute Gasteiger partial charge is 0.481 e. The number of halogens is 6. The summed E-state index contributed by atoms with van der Waals surface area (Å²) in [6.45, 7) is -2.52. The van der Waals surface area contributed by atoms with E-state index in [1.165, 1.54) is 0 Å². The first-order chi connectivity index (χ1) is 12.7. The van der Waals surface area contributed by atoms with Crippen molar-refractivity contribution < 1.29 is 64.8 Å². The molecule has 0 saturated carbocycles. The molecule has 0 heterocycles. The van der Waals surface area contributed by atoms with E-state index in [2.05, 4.69) is 14.2 Å². The molecule has 28 heavy (non-hydrogen) atoms. The maximum atomic E-state index is 12.1. The molecule has 162 valence electrons. The van der Waals surface area contributed by atoms with Crippen LogP contribution in [0.15, 0.2) is 0 Å². The highest BCUT2D eigenvalue weighted by molar-refractivity contribution is 5.77. The summed E-state index contributed by atoms with van der Waals surface area (Å²) in [7, 11) is 0. The zero-order valence-electron chi connectivity index (χ0n) is 14.1. The van der Waals surface area contributed by atoms with Crippen LogP contribution in [-0.2, 0) is 33.4 Å². The predicted molar refractivity (Wildman–Crippen MR) is 74.3 cm³/mol. The van der Waals surface area contributed by atoms with Crippen LogP contribution in [0.1, 0.15) is 32.1 Å². The number of carbonyl (C=O) groups excluding carboxylic acids is 3. The molecule has 0 saturated heterocycles. The van der Waals surface area contributed by atoms with Crippen molar-refractivity contribution >= 4 is 23.9 Å².